The number of hydrogen-bond acceptors (Lipinski definition) is 2. The van der Waals surface area contributed by atoms with Crippen LogP contribution in [0.15, 0.2) is 6.07 Å². The molecule has 0 bridgehead atoms. The molecular weight excluding hydrogens is 180 g/mol. The van der Waals surface area contributed by atoms with Crippen LogP contribution in [0.2, 0.25) is 5.02 Å². The molecule has 0 spiro atoms. The van der Waals surface area contributed by atoms with Crippen LogP contribution in [0.3, 0.4) is 0 Å². The van der Waals surface area contributed by atoms with Crippen molar-refractivity contribution in [1.82, 2.24) is 0 Å². The number of amidine groups is 1. The Labute approximate surface area is 74.5 Å². The van der Waals surface area contributed by atoms with E-state index in [1.54, 1.807) is 11.3 Å². The third-order valence-corrected chi connectivity index (χ3v) is 2.83. The van der Waals surface area contributed by atoms with Crippen molar-refractivity contribution in [2.75, 3.05) is 0 Å². The van der Waals surface area contributed by atoms with Gasteiger partial charge in [0.2, 0.25) is 0 Å². The predicted octanol–water partition coefficient (Wildman–Crippen LogP) is 2.19. The van der Waals surface area contributed by atoms with Crippen LogP contribution in [-0.4, -0.2) is 5.84 Å². The van der Waals surface area contributed by atoms with E-state index < -0.39 is 0 Å². The maximum absolute atomic E-state index is 7.05. The van der Waals surface area contributed by atoms with Crippen molar-refractivity contribution in [3.63, 3.8) is 0 Å². The first-order valence-electron chi connectivity index (χ1n) is 3.17. The minimum Gasteiger partial charge on any atom is -0.387 e. The molecule has 0 unspecified atom stereocenters. The predicted molar refractivity (Wildman–Crippen MR) is 49.7 cm³/mol. The van der Waals surface area contributed by atoms with Gasteiger partial charge in [-0.2, -0.15) is 0 Å². The minimum absolute atomic E-state index is 0.183. The molecule has 1 heterocycles. The third-order valence-electron chi connectivity index (χ3n) is 1.27. The number of nitrogens with two attached hydrogens (primary N) is 1. The number of halogens is 1. The molecule has 0 aliphatic carbocycles. The summed E-state index contributed by atoms with van der Waals surface area (Å²) in [6.45, 7) is 1.95. The van der Waals surface area contributed by atoms with Gasteiger partial charge in [-0.15, -0.1) is 11.3 Å². The Hall–Kier alpha value is -0.540. The average Bonchev–Trinajstić information content (AvgIpc) is 2.10. The second-order valence-corrected chi connectivity index (χ2v) is 4.07. The van der Waals surface area contributed by atoms with Crippen LogP contribution in [0.5, 0.6) is 0 Å². The highest BCUT2D eigenvalue weighted by Gasteiger charge is 2.03. The fourth-order valence-corrected chi connectivity index (χ4v) is 2.06. The highest BCUT2D eigenvalue weighted by atomic mass is 35.5. The lowest BCUT2D eigenvalue weighted by atomic mass is 10.3. The first-order valence-corrected chi connectivity index (χ1v) is 4.36. The standard InChI is InChI=1S/C7H9ClN2S/c1-4-6(8)2-5(11-4)3-7(9)10/h2H,3H2,1H3,(H3,9,10). The number of hydrogen-bond donors (Lipinski definition) is 2. The monoisotopic (exact) mass is 188 g/mol. The fourth-order valence-electron chi connectivity index (χ4n) is 0.793. The van der Waals surface area contributed by atoms with Gasteiger partial charge in [0.05, 0.1) is 10.9 Å². The van der Waals surface area contributed by atoms with E-state index in [-0.39, 0.29) is 5.84 Å². The van der Waals surface area contributed by atoms with E-state index in [1.165, 1.54) is 0 Å². The maximum Gasteiger partial charge on any atom is 0.0958 e. The third kappa shape index (κ3) is 2.20. The molecule has 0 fully saturated rings. The van der Waals surface area contributed by atoms with Gasteiger partial charge in [-0.1, -0.05) is 11.6 Å². The lowest BCUT2D eigenvalue weighted by Gasteiger charge is -1.90. The van der Waals surface area contributed by atoms with Crippen LogP contribution in [0.25, 0.3) is 0 Å². The van der Waals surface area contributed by atoms with Gasteiger partial charge in [0.15, 0.2) is 0 Å². The van der Waals surface area contributed by atoms with Crippen LogP contribution in [0.1, 0.15) is 9.75 Å². The number of aryl methyl sites for hydroxylation is 1. The Morgan fingerprint density at radius 2 is 2.45 bits per heavy atom. The summed E-state index contributed by atoms with van der Waals surface area (Å²) in [6.07, 6.45) is 0.512. The van der Waals surface area contributed by atoms with Gasteiger partial charge in [-0.3, -0.25) is 5.41 Å². The number of nitrogens with one attached hydrogen (secondary N) is 1. The van der Waals surface area contributed by atoms with Gasteiger partial charge < -0.3 is 5.73 Å². The summed E-state index contributed by atoms with van der Waals surface area (Å²) in [5.41, 5.74) is 5.23. The van der Waals surface area contributed by atoms with E-state index in [2.05, 4.69) is 0 Å². The zero-order chi connectivity index (χ0) is 8.43. The van der Waals surface area contributed by atoms with E-state index in [0.717, 1.165) is 14.8 Å². The summed E-state index contributed by atoms with van der Waals surface area (Å²) in [7, 11) is 0. The molecule has 2 nitrogen and oxygen atoms in total. The van der Waals surface area contributed by atoms with E-state index in [9.17, 15) is 0 Å². The molecule has 4 heteroatoms. The molecule has 3 N–H and O–H groups in total. The van der Waals surface area contributed by atoms with Gasteiger partial charge >= 0.3 is 0 Å². The van der Waals surface area contributed by atoms with E-state index in [0.29, 0.717) is 6.42 Å². The second kappa shape index (κ2) is 3.24. The summed E-state index contributed by atoms with van der Waals surface area (Å²) < 4.78 is 0. The Morgan fingerprint density at radius 1 is 1.82 bits per heavy atom. The van der Waals surface area contributed by atoms with Crippen LogP contribution in [0.4, 0.5) is 0 Å². The molecule has 0 radical (unpaired) electrons. The summed E-state index contributed by atoms with van der Waals surface area (Å²) in [6, 6.07) is 1.86. The Kier molecular flexibility index (Phi) is 2.52. The minimum atomic E-state index is 0.183. The molecule has 60 valence electrons. The Bertz CT molecular complexity index is 260. The van der Waals surface area contributed by atoms with E-state index in [1.807, 2.05) is 13.0 Å². The SMILES string of the molecule is Cc1sc(CC(=N)N)cc1Cl. The highest BCUT2D eigenvalue weighted by molar-refractivity contribution is 7.12. The molecule has 1 rings (SSSR count). The van der Waals surface area contributed by atoms with Crippen LogP contribution in [-0.2, 0) is 6.42 Å². The molecule has 0 aliphatic heterocycles. The molecule has 0 saturated carbocycles. The fraction of sp³-hybridized carbons (Fsp3) is 0.286. The summed E-state index contributed by atoms with van der Waals surface area (Å²) in [5, 5.41) is 7.82. The molecule has 0 amide bonds. The lowest BCUT2D eigenvalue weighted by molar-refractivity contribution is 1.29. The molecule has 0 saturated heterocycles. The number of thiophene rings is 1. The quantitative estimate of drug-likeness (QED) is 0.543. The molecule has 1 aromatic rings. The van der Waals surface area contributed by atoms with Gasteiger partial charge in [0.25, 0.3) is 0 Å². The maximum atomic E-state index is 7.05. The molecule has 0 aromatic carbocycles. The van der Waals surface area contributed by atoms with Crippen molar-refractivity contribution in [3.8, 4) is 0 Å². The van der Waals surface area contributed by atoms with Crippen LogP contribution >= 0.6 is 22.9 Å². The zero-order valence-corrected chi connectivity index (χ0v) is 7.72. The molecule has 0 atom stereocenters. The first kappa shape index (κ1) is 8.56. The van der Waals surface area contributed by atoms with Crippen LogP contribution in [0, 0.1) is 12.3 Å². The molecule has 0 aliphatic rings. The topological polar surface area (TPSA) is 49.9 Å². The summed E-state index contributed by atoms with van der Waals surface area (Å²) in [5.74, 6) is 0.183. The molecule has 1 aromatic heterocycles. The van der Waals surface area contributed by atoms with Gasteiger partial charge in [0.1, 0.15) is 0 Å². The van der Waals surface area contributed by atoms with Gasteiger partial charge in [-0.05, 0) is 13.0 Å². The van der Waals surface area contributed by atoms with Crippen molar-refractivity contribution in [3.05, 3.63) is 20.8 Å². The van der Waals surface area contributed by atoms with Crippen molar-refractivity contribution >= 4 is 28.8 Å². The smallest absolute Gasteiger partial charge is 0.0958 e. The van der Waals surface area contributed by atoms with Crippen molar-refractivity contribution in [2.24, 2.45) is 5.73 Å². The second-order valence-electron chi connectivity index (χ2n) is 2.32. The Morgan fingerprint density at radius 3 is 2.82 bits per heavy atom. The average molecular weight is 189 g/mol. The van der Waals surface area contributed by atoms with E-state index in [4.69, 9.17) is 22.7 Å². The molecule has 11 heavy (non-hydrogen) atoms. The summed E-state index contributed by atoms with van der Waals surface area (Å²) >= 11 is 7.40. The van der Waals surface area contributed by atoms with Crippen molar-refractivity contribution in [1.29, 1.82) is 5.41 Å². The van der Waals surface area contributed by atoms with Gasteiger partial charge in [-0.25, -0.2) is 0 Å². The van der Waals surface area contributed by atoms with E-state index >= 15 is 0 Å². The summed E-state index contributed by atoms with van der Waals surface area (Å²) in [4.78, 5) is 2.14. The van der Waals surface area contributed by atoms with Crippen molar-refractivity contribution < 1.29 is 0 Å². The lowest BCUT2D eigenvalue weighted by Crippen LogP contribution is -2.11. The normalized spacial score (nSPS) is 10.0. The van der Waals surface area contributed by atoms with Gasteiger partial charge in [0, 0.05) is 16.2 Å². The largest absolute Gasteiger partial charge is 0.387 e. The Balaban J connectivity index is 2.81. The van der Waals surface area contributed by atoms with Crippen LogP contribution < -0.4 is 5.73 Å². The van der Waals surface area contributed by atoms with Crippen molar-refractivity contribution in [2.45, 2.75) is 13.3 Å². The molecular formula is C7H9ClN2S. The first-order chi connectivity index (χ1) is 5.09. The zero-order valence-electron chi connectivity index (χ0n) is 6.15. The highest BCUT2D eigenvalue weighted by Crippen LogP contribution is 2.25. The number of rotatable bonds is 2.